The number of nitrogens with one attached hydrogen (secondary N) is 4. The number of nitrogens with zero attached hydrogens (tertiary/aromatic N) is 6. The number of hydrogen-bond acceptors (Lipinski definition) is 10. The molecule has 0 unspecified atom stereocenters. The molecule has 2 aromatic heterocycles. The third-order valence-electron chi connectivity index (χ3n) is 12.0. The maximum absolute atomic E-state index is 13.0. The summed E-state index contributed by atoms with van der Waals surface area (Å²) >= 11 is 0. The summed E-state index contributed by atoms with van der Waals surface area (Å²) in [6.07, 6.45) is 19.7. The first-order valence-electron chi connectivity index (χ1n) is 23.4. The Morgan fingerprint density at radius 3 is 1.27 bits per heavy atom. The second-order valence-electron chi connectivity index (χ2n) is 17.1. The second kappa shape index (κ2) is 25.4. The van der Waals surface area contributed by atoms with Gasteiger partial charge in [-0.3, -0.25) is 19.2 Å². The van der Waals surface area contributed by atoms with Crippen molar-refractivity contribution in [3.63, 3.8) is 0 Å². The van der Waals surface area contributed by atoms with Crippen molar-refractivity contribution in [3.05, 3.63) is 96.3 Å². The van der Waals surface area contributed by atoms with Crippen LogP contribution in [0.2, 0.25) is 0 Å². The number of rotatable bonds is 27. The Balaban J connectivity index is 0.713. The molecule has 0 spiro atoms. The lowest BCUT2D eigenvalue weighted by Crippen LogP contribution is -2.36. The summed E-state index contributed by atoms with van der Waals surface area (Å²) in [6.45, 7) is 5.94. The molecule has 14 nitrogen and oxygen atoms in total. The molecule has 0 saturated heterocycles. The van der Waals surface area contributed by atoms with Crippen molar-refractivity contribution in [2.45, 2.75) is 89.9 Å². The zero-order valence-corrected chi connectivity index (χ0v) is 38.0. The fraction of sp³-hybridized carbons (Fsp3) is 0.480. The van der Waals surface area contributed by atoms with Gasteiger partial charge in [0, 0.05) is 25.5 Å². The van der Waals surface area contributed by atoms with E-state index in [0.29, 0.717) is 58.6 Å². The first-order chi connectivity index (χ1) is 31.3. The SMILES string of the molecule is CN(CCCCCCCCN(C)CCCCCCNC(=O)CN1c2ccccc2C(=O)Nc2cccnc21)CCCCCCNC(=O)CN1c2ccccc2C(=O)Nc2cccnc21. The molecule has 64 heavy (non-hydrogen) atoms. The minimum absolute atomic E-state index is 0.0881. The molecule has 0 atom stereocenters. The van der Waals surface area contributed by atoms with Crippen LogP contribution >= 0.6 is 0 Å². The Labute approximate surface area is 379 Å². The lowest BCUT2D eigenvalue weighted by atomic mass is 10.1. The average molecular weight is 873 g/mol. The largest absolute Gasteiger partial charge is 0.355 e. The minimum atomic E-state index is -0.207. The predicted octanol–water partition coefficient (Wildman–Crippen LogP) is 8.14. The van der Waals surface area contributed by atoms with Crippen molar-refractivity contribution in [2.24, 2.45) is 0 Å². The highest BCUT2D eigenvalue weighted by Gasteiger charge is 2.28. The van der Waals surface area contributed by atoms with Crippen molar-refractivity contribution in [1.29, 1.82) is 0 Å². The van der Waals surface area contributed by atoms with E-state index in [-0.39, 0.29) is 36.7 Å². The molecular formula is C50H68N10O4. The summed E-state index contributed by atoms with van der Waals surface area (Å²) in [7, 11) is 4.45. The summed E-state index contributed by atoms with van der Waals surface area (Å²) in [6, 6.07) is 21.8. The standard InChI is InChI=1S/C50H68N10O4/c1-57(35-19-9-5-15-29-51-45(61)37-59-43-27-13-11-23-39(43)49(63)55-41-25-21-31-53-47(41)59)33-17-7-3-4-8-18-34-58(2)36-20-10-6-16-30-52-46(62)38-60-44-28-14-12-24-40(44)50(64)56-42-26-22-32-54-48(42)60/h11-14,21-28,31-32H,3-10,15-20,29-30,33-38H2,1-2H3,(H,51,61)(H,52,62)(H,55,63)(H,56,64). The maximum Gasteiger partial charge on any atom is 0.257 e. The van der Waals surface area contributed by atoms with E-state index in [2.05, 4.69) is 55.1 Å². The van der Waals surface area contributed by atoms with Crippen LogP contribution in [0.15, 0.2) is 85.2 Å². The number of carbonyl (C=O) groups excluding carboxylic acids is 4. The number of amides is 4. The quantitative estimate of drug-likeness (QED) is 0.0432. The van der Waals surface area contributed by atoms with Crippen molar-refractivity contribution in [3.8, 4) is 0 Å². The van der Waals surface area contributed by atoms with Gasteiger partial charge in [-0.25, -0.2) is 9.97 Å². The van der Waals surface area contributed by atoms with Crippen LogP contribution in [0, 0.1) is 0 Å². The molecule has 14 heteroatoms. The molecule has 0 bridgehead atoms. The molecule has 4 N–H and O–H groups in total. The number of benzene rings is 2. The summed E-state index contributed by atoms with van der Waals surface area (Å²) in [5.74, 6) is 0.535. The zero-order chi connectivity index (χ0) is 44.9. The van der Waals surface area contributed by atoms with E-state index in [9.17, 15) is 19.2 Å². The van der Waals surface area contributed by atoms with Gasteiger partial charge in [-0.15, -0.1) is 0 Å². The van der Waals surface area contributed by atoms with Gasteiger partial charge in [0.2, 0.25) is 11.8 Å². The van der Waals surface area contributed by atoms with Crippen LogP contribution in [0.4, 0.5) is 34.4 Å². The van der Waals surface area contributed by atoms with Gasteiger partial charge in [-0.05, 0) is 127 Å². The molecule has 4 amide bonds. The number of fused-ring (bicyclic) bond motifs is 4. The number of para-hydroxylation sites is 2. The molecular weight excluding hydrogens is 805 g/mol. The Hall–Kier alpha value is -5.86. The number of pyridine rings is 2. The van der Waals surface area contributed by atoms with Gasteiger partial charge in [0.25, 0.3) is 11.8 Å². The van der Waals surface area contributed by atoms with Crippen LogP contribution in [-0.4, -0.2) is 110 Å². The lowest BCUT2D eigenvalue weighted by molar-refractivity contribution is -0.120. The highest BCUT2D eigenvalue weighted by Crippen LogP contribution is 2.37. The maximum atomic E-state index is 13.0. The van der Waals surface area contributed by atoms with E-state index in [1.807, 2.05) is 46.2 Å². The molecule has 4 aromatic rings. The van der Waals surface area contributed by atoms with Gasteiger partial charge < -0.3 is 40.9 Å². The molecule has 0 aliphatic carbocycles. The lowest BCUT2D eigenvalue weighted by Gasteiger charge is -2.24. The van der Waals surface area contributed by atoms with E-state index in [1.165, 1.54) is 38.5 Å². The van der Waals surface area contributed by atoms with Crippen LogP contribution in [0.25, 0.3) is 0 Å². The fourth-order valence-electron chi connectivity index (χ4n) is 8.42. The monoisotopic (exact) mass is 873 g/mol. The molecule has 2 aromatic carbocycles. The third-order valence-corrected chi connectivity index (χ3v) is 12.0. The van der Waals surface area contributed by atoms with Gasteiger partial charge in [0.05, 0.1) is 33.9 Å². The van der Waals surface area contributed by atoms with Gasteiger partial charge in [0.15, 0.2) is 11.6 Å². The topological polar surface area (TPSA) is 155 Å². The van der Waals surface area contributed by atoms with Crippen LogP contribution in [0.3, 0.4) is 0 Å². The number of aromatic nitrogens is 2. The Bertz CT molecular complexity index is 1980. The normalized spacial score (nSPS) is 13.0. The smallest absolute Gasteiger partial charge is 0.257 e. The molecule has 2 aliphatic rings. The van der Waals surface area contributed by atoms with Crippen LogP contribution in [0.1, 0.15) is 111 Å². The van der Waals surface area contributed by atoms with Crippen molar-refractivity contribution < 1.29 is 19.2 Å². The van der Waals surface area contributed by atoms with Crippen molar-refractivity contribution in [2.75, 3.05) is 86.9 Å². The Kier molecular flexibility index (Phi) is 18.9. The first kappa shape index (κ1) is 47.6. The number of carbonyl (C=O) groups is 4. The van der Waals surface area contributed by atoms with E-state index in [4.69, 9.17) is 0 Å². The molecule has 0 radical (unpaired) electrons. The fourth-order valence-corrected chi connectivity index (χ4v) is 8.42. The average Bonchev–Trinajstić information content (AvgIpc) is 3.49. The van der Waals surface area contributed by atoms with E-state index in [1.54, 1.807) is 48.8 Å². The Morgan fingerprint density at radius 2 is 0.859 bits per heavy atom. The molecule has 0 saturated carbocycles. The van der Waals surface area contributed by atoms with E-state index >= 15 is 0 Å². The first-order valence-corrected chi connectivity index (χ1v) is 23.4. The van der Waals surface area contributed by atoms with Gasteiger partial charge in [0.1, 0.15) is 13.1 Å². The predicted molar refractivity (Wildman–Crippen MR) is 257 cm³/mol. The highest BCUT2D eigenvalue weighted by atomic mass is 16.2. The van der Waals surface area contributed by atoms with Gasteiger partial charge in [-0.2, -0.15) is 0 Å². The number of unbranched alkanes of at least 4 members (excludes halogenated alkanes) is 11. The molecule has 0 fully saturated rings. The zero-order valence-electron chi connectivity index (χ0n) is 38.0. The minimum Gasteiger partial charge on any atom is -0.355 e. The Morgan fingerprint density at radius 1 is 0.500 bits per heavy atom. The second-order valence-corrected chi connectivity index (χ2v) is 17.1. The molecule has 6 rings (SSSR count). The van der Waals surface area contributed by atoms with Crippen molar-refractivity contribution in [1.82, 2.24) is 30.4 Å². The summed E-state index contributed by atoms with van der Waals surface area (Å²) < 4.78 is 0. The van der Waals surface area contributed by atoms with Crippen LogP contribution < -0.4 is 31.1 Å². The highest BCUT2D eigenvalue weighted by molar-refractivity contribution is 6.13. The number of hydrogen-bond donors (Lipinski definition) is 4. The van der Waals surface area contributed by atoms with Crippen molar-refractivity contribution >= 4 is 58.0 Å². The van der Waals surface area contributed by atoms with Gasteiger partial charge >= 0.3 is 0 Å². The molecule has 342 valence electrons. The third kappa shape index (κ3) is 14.3. The van der Waals surface area contributed by atoms with E-state index in [0.717, 1.165) is 77.5 Å². The summed E-state index contributed by atoms with van der Waals surface area (Å²) in [5, 5.41) is 12.0. The van der Waals surface area contributed by atoms with Gasteiger partial charge in [-0.1, -0.05) is 75.6 Å². The van der Waals surface area contributed by atoms with Crippen LogP contribution in [-0.2, 0) is 9.59 Å². The number of anilines is 6. The molecule has 2 aliphatic heterocycles. The van der Waals surface area contributed by atoms with E-state index < -0.39 is 0 Å². The molecule has 4 heterocycles. The van der Waals surface area contributed by atoms with Crippen LogP contribution in [0.5, 0.6) is 0 Å². The summed E-state index contributed by atoms with van der Waals surface area (Å²) in [4.78, 5) is 69.1. The summed E-state index contributed by atoms with van der Waals surface area (Å²) in [5.41, 5.74) is 3.57.